The number of benzene rings is 2. The number of hydrogen-bond acceptors (Lipinski definition) is 3. The molecule has 0 bridgehead atoms. The Bertz CT molecular complexity index is 610. The molecule has 0 spiro atoms. The second kappa shape index (κ2) is 6.10. The minimum Gasteiger partial charge on any atom is -0.496 e. The monoisotopic (exact) mass is 271 g/mol. The Morgan fingerprint density at radius 2 is 1.95 bits per heavy atom. The molecule has 20 heavy (non-hydrogen) atoms. The largest absolute Gasteiger partial charge is 0.496 e. The first-order valence-corrected chi connectivity index (χ1v) is 6.34. The van der Waals surface area contributed by atoms with Crippen LogP contribution in [0.5, 0.6) is 5.75 Å². The van der Waals surface area contributed by atoms with Crippen LogP contribution in [0, 0.1) is 0 Å². The van der Waals surface area contributed by atoms with Gasteiger partial charge in [-0.2, -0.15) is 0 Å². The lowest BCUT2D eigenvalue weighted by Crippen LogP contribution is -2.08. The van der Waals surface area contributed by atoms with E-state index in [-0.39, 0.29) is 11.6 Å². The number of ether oxygens (including phenoxy) is 1. The van der Waals surface area contributed by atoms with Crippen molar-refractivity contribution in [1.29, 1.82) is 0 Å². The van der Waals surface area contributed by atoms with Crippen molar-refractivity contribution >= 4 is 11.7 Å². The van der Waals surface area contributed by atoms with E-state index in [2.05, 4.69) is 5.32 Å². The number of rotatable bonds is 5. The SMILES string of the molecule is COc1ccccc1C(C)Nc1cccc(C(=O)O)c1. The molecule has 2 aromatic rings. The van der Waals surface area contributed by atoms with Gasteiger partial charge in [0, 0.05) is 11.3 Å². The van der Waals surface area contributed by atoms with Gasteiger partial charge in [-0.15, -0.1) is 0 Å². The van der Waals surface area contributed by atoms with Crippen LogP contribution in [0.2, 0.25) is 0 Å². The van der Waals surface area contributed by atoms with Gasteiger partial charge >= 0.3 is 5.97 Å². The predicted octanol–water partition coefficient (Wildman–Crippen LogP) is 3.57. The predicted molar refractivity (Wildman–Crippen MR) is 78.4 cm³/mol. The minimum absolute atomic E-state index is 0.00944. The van der Waals surface area contributed by atoms with Crippen LogP contribution in [0.15, 0.2) is 48.5 Å². The number of carboxylic acids is 1. The van der Waals surface area contributed by atoms with Gasteiger partial charge in [-0.1, -0.05) is 24.3 Å². The third-order valence-corrected chi connectivity index (χ3v) is 3.10. The molecule has 4 nitrogen and oxygen atoms in total. The van der Waals surface area contributed by atoms with Crippen molar-refractivity contribution in [2.24, 2.45) is 0 Å². The first kappa shape index (κ1) is 13.9. The highest BCUT2D eigenvalue weighted by Crippen LogP contribution is 2.27. The Morgan fingerprint density at radius 3 is 2.65 bits per heavy atom. The van der Waals surface area contributed by atoms with E-state index in [4.69, 9.17) is 9.84 Å². The summed E-state index contributed by atoms with van der Waals surface area (Å²) in [5, 5.41) is 12.3. The lowest BCUT2D eigenvalue weighted by Gasteiger charge is -2.18. The van der Waals surface area contributed by atoms with Crippen LogP contribution >= 0.6 is 0 Å². The molecular formula is C16H17NO3. The number of nitrogens with one attached hydrogen (secondary N) is 1. The maximum atomic E-state index is 11.0. The van der Waals surface area contributed by atoms with Crippen molar-refractivity contribution in [3.05, 3.63) is 59.7 Å². The third kappa shape index (κ3) is 3.09. The van der Waals surface area contributed by atoms with Crippen molar-refractivity contribution < 1.29 is 14.6 Å². The fourth-order valence-electron chi connectivity index (χ4n) is 2.09. The first-order chi connectivity index (χ1) is 9.61. The lowest BCUT2D eigenvalue weighted by molar-refractivity contribution is 0.0697. The van der Waals surface area contributed by atoms with Crippen LogP contribution in [-0.4, -0.2) is 18.2 Å². The molecule has 0 fully saturated rings. The number of aromatic carboxylic acids is 1. The van der Waals surface area contributed by atoms with Gasteiger partial charge in [0.05, 0.1) is 18.7 Å². The van der Waals surface area contributed by atoms with Gasteiger partial charge in [-0.25, -0.2) is 4.79 Å². The summed E-state index contributed by atoms with van der Waals surface area (Å²) in [6.45, 7) is 2.01. The highest BCUT2D eigenvalue weighted by molar-refractivity contribution is 5.88. The number of anilines is 1. The van der Waals surface area contributed by atoms with Crippen molar-refractivity contribution in [2.75, 3.05) is 12.4 Å². The Morgan fingerprint density at radius 1 is 1.20 bits per heavy atom. The van der Waals surface area contributed by atoms with E-state index in [9.17, 15) is 4.79 Å². The van der Waals surface area contributed by atoms with E-state index in [0.717, 1.165) is 17.0 Å². The minimum atomic E-state index is -0.932. The summed E-state index contributed by atoms with van der Waals surface area (Å²) >= 11 is 0. The summed E-state index contributed by atoms with van der Waals surface area (Å²) in [6.07, 6.45) is 0. The molecule has 0 amide bonds. The molecule has 2 N–H and O–H groups in total. The van der Waals surface area contributed by atoms with Crippen molar-refractivity contribution in [2.45, 2.75) is 13.0 Å². The van der Waals surface area contributed by atoms with Gasteiger partial charge in [-0.3, -0.25) is 0 Å². The molecule has 1 atom stereocenters. The van der Waals surface area contributed by atoms with E-state index in [1.54, 1.807) is 25.3 Å². The summed E-state index contributed by atoms with van der Waals surface area (Å²) in [6, 6.07) is 14.5. The average Bonchev–Trinajstić information content (AvgIpc) is 2.47. The van der Waals surface area contributed by atoms with E-state index in [1.165, 1.54) is 0 Å². The quantitative estimate of drug-likeness (QED) is 0.872. The molecule has 0 saturated heterocycles. The van der Waals surface area contributed by atoms with E-state index >= 15 is 0 Å². The number of para-hydroxylation sites is 1. The van der Waals surface area contributed by atoms with Crippen LogP contribution < -0.4 is 10.1 Å². The van der Waals surface area contributed by atoms with Gasteiger partial charge in [0.2, 0.25) is 0 Å². The Labute approximate surface area is 118 Å². The zero-order chi connectivity index (χ0) is 14.5. The molecule has 0 aliphatic heterocycles. The lowest BCUT2D eigenvalue weighted by atomic mass is 10.1. The van der Waals surface area contributed by atoms with E-state index in [1.807, 2.05) is 37.3 Å². The van der Waals surface area contributed by atoms with Crippen LogP contribution in [0.25, 0.3) is 0 Å². The van der Waals surface area contributed by atoms with Crippen LogP contribution in [0.1, 0.15) is 28.9 Å². The Balaban J connectivity index is 2.21. The molecule has 4 heteroatoms. The summed E-state index contributed by atoms with van der Waals surface area (Å²) in [5.41, 5.74) is 2.06. The number of carbonyl (C=O) groups is 1. The fourth-order valence-corrected chi connectivity index (χ4v) is 2.09. The third-order valence-electron chi connectivity index (χ3n) is 3.10. The molecule has 2 aromatic carbocycles. The molecule has 0 saturated carbocycles. The zero-order valence-corrected chi connectivity index (χ0v) is 11.5. The normalized spacial score (nSPS) is 11.7. The molecule has 1 unspecified atom stereocenters. The maximum absolute atomic E-state index is 11.0. The zero-order valence-electron chi connectivity index (χ0n) is 11.5. The maximum Gasteiger partial charge on any atom is 0.335 e. The summed E-state index contributed by atoms with van der Waals surface area (Å²) in [4.78, 5) is 11.0. The second-order valence-corrected chi connectivity index (χ2v) is 4.49. The van der Waals surface area contributed by atoms with Gasteiger partial charge in [0.25, 0.3) is 0 Å². The van der Waals surface area contributed by atoms with Crippen molar-refractivity contribution in [3.8, 4) is 5.75 Å². The molecule has 0 heterocycles. The van der Waals surface area contributed by atoms with Gasteiger partial charge in [0.15, 0.2) is 0 Å². The summed E-state index contributed by atoms with van der Waals surface area (Å²) in [5.74, 6) is -0.125. The van der Waals surface area contributed by atoms with Crippen LogP contribution in [0.4, 0.5) is 5.69 Å². The van der Waals surface area contributed by atoms with Gasteiger partial charge in [0.1, 0.15) is 5.75 Å². The molecule has 0 aliphatic carbocycles. The fraction of sp³-hybridized carbons (Fsp3) is 0.188. The number of methoxy groups -OCH3 is 1. The summed E-state index contributed by atoms with van der Waals surface area (Å²) in [7, 11) is 1.64. The first-order valence-electron chi connectivity index (χ1n) is 6.34. The highest BCUT2D eigenvalue weighted by Gasteiger charge is 2.11. The standard InChI is InChI=1S/C16H17NO3/c1-11(14-8-3-4-9-15(14)20-2)17-13-7-5-6-12(10-13)16(18)19/h3-11,17H,1-2H3,(H,18,19). The molecule has 104 valence electrons. The van der Waals surface area contributed by atoms with Gasteiger partial charge < -0.3 is 15.2 Å². The van der Waals surface area contributed by atoms with E-state index < -0.39 is 5.97 Å². The van der Waals surface area contributed by atoms with E-state index in [0.29, 0.717) is 0 Å². The average molecular weight is 271 g/mol. The number of carboxylic acid groups (broad SMARTS) is 1. The van der Waals surface area contributed by atoms with Gasteiger partial charge in [-0.05, 0) is 31.2 Å². The Hall–Kier alpha value is -2.49. The van der Waals surface area contributed by atoms with Crippen LogP contribution in [0.3, 0.4) is 0 Å². The highest BCUT2D eigenvalue weighted by atomic mass is 16.5. The van der Waals surface area contributed by atoms with Crippen molar-refractivity contribution in [1.82, 2.24) is 0 Å². The van der Waals surface area contributed by atoms with Crippen molar-refractivity contribution in [3.63, 3.8) is 0 Å². The number of hydrogen-bond donors (Lipinski definition) is 2. The molecule has 0 radical (unpaired) electrons. The molecular weight excluding hydrogens is 254 g/mol. The topological polar surface area (TPSA) is 58.6 Å². The van der Waals surface area contributed by atoms with Crippen LogP contribution in [-0.2, 0) is 0 Å². The molecule has 0 aliphatic rings. The Kier molecular flexibility index (Phi) is 4.25. The smallest absolute Gasteiger partial charge is 0.335 e. The second-order valence-electron chi connectivity index (χ2n) is 4.49. The molecule has 0 aromatic heterocycles. The molecule has 2 rings (SSSR count). The summed E-state index contributed by atoms with van der Waals surface area (Å²) < 4.78 is 5.33.